The molecule has 3 nitrogen and oxygen atoms in total. The van der Waals surface area contributed by atoms with Crippen LogP contribution in [0.25, 0.3) is 0 Å². The van der Waals surface area contributed by atoms with Gasteiger partial charge in [-0.3, -0.25) is 0 Å². The highest BCUT2D eigenvalue weighted by molar-refractivity contribution is 5.62. The van der Waals surface area contributed by atoms with E-state index < -0.39 is 0 Å². The Morgan fingerprint density at radius 3 is 2.81 bits per heavy atom. The van der Waals surface area contributed by atoms with Crippen molar-refractivity contribution in [2.75, 3.05) is 12.3 Å². The smallest absolute Gasteiger partial charge is 0.143 e. The second-order valence-corrected chi connectivity index (χ2v) is 4.29. The molecule has 0 amide bonds. The van der Waals surface area contributed by atoms with Crippen molar-refractivity contribution >= 4 is 5.69 Å². The molecule has 84 valence electrons. The molecule has 0 bridgehead atoms. The first-order valence-corrected chi connectivity index (χ1v) is 5.72. The van der Waals surface area contributed by atoms with Gasteiger partial charge in [0, 0.05) is 0 Å². The lowest BCUT2D eigenvalue weighted by atomic mass is 10.1. The van der Waals surface area contributed by atoms with Crippen molar-refractivity contribution in [3.8, 4) is 11.8 Å². The van der Waals surface area contributed by atoms with Gasteiger partial charge < -0.3 is 10.5 Å². The summed E-state index contributed by atoms with van der Waals surface area (Å²) >= 11 is 0. The first-order valence-electron chi connectivity index (χ1n) is 5.72. The minimum Gasteiger partial charge on any atom is -0.491 e. The molecule has 0 aliphatic heterocycles. The zero-order chi connectivity index (χ0) is 11.4. The minimum atomic E-state index is 0.461. The largest absolute Gasteiger partial charge is 0.491 e. The number of nitrogens with two attached hydrogens (primary N) is 1. The van der Waals surface area contributed by atoms with Crippen molar-refractivity contribution in [1.29, 1.82) is 5.26 Å². The maximum Gasteiger partial charge on any atom is 0.143 e. The molecule has 2 N–H and O–H groups in total. The third kappa shape index (κ3) is 2.27. The quantitative estimate of drug-likeness (QED) is 0.790. The normalized spacial score (nSPS) is 15.9. The molecule has 0 saturated heterocycles. The van der Waals surface area contributed by atoms with Gasteiger partial charge >= 0.3 is 0 Å². The molecular weight excluding hydrogens is 200 g/mol. The van der Waals surface area contributed by atoms with Crippen LogP contribution in [0.15, 0.2) is 18.2 Å². The average Bonchev–Trinajstić information content (AvgIpc) is 2.81. The molecule has 1 aliphatic carbocycles. The Kier molecular flexibility index (Phi) is 3.31. The van der Waals surface area contributed by atoms with Crippen LogP contribution in [0.2, 0.25) is 0 Å². The van der Waals surface area contributed by atoms with Crippen LogP contribution in [-0.4, -0.2) is 6.61 Å². The maximum absolute atomic E-state index is 8.84. The predicted octanol–water partition coefficient (Wildman–Crippen LogP) is 2.71. The standard InChI is InChI=1S/C13H16N2O/c14-8-11-6-3-7-12(13(11)15)16-9-10-4-1-2-5-10/h3,6-7,10H,1-2,4-5,9,15H2. The van der Waals surface area contributed by atoms with E-state index >= 15 is 0 Å². The van der Waals surface area contributed by atoms with Crippen molar-refractivity contribution in [1.82, 2.24) is 0 Å². The topological polar surface area (TPSA) is 59.0 Å². The van der Waals surface area contributed by atoms with E-state index in [1.807, 2.05) is 6.07 Å². The molecule has 3 heteroatoms. The molecule has 0 aromatic heterocycles. The van der Waals surface area contributed by atoms with E-state index in [2.05, 4.69) is 6.07 Å². The third-order valence-corrected chi connectivity index (χ3v) is 3.14. The Labute approximate surface area is 95.8 Å². The highest BCUT2D eigenvalue weighted by Gasteiger charge is 2.16. The summed E-state index contributed by atoms with van der Waals surface area (Å²) in [7, 11) is 0. The van der Waals surface area contributed by atoms with Gasteiger partial charge in [-0.2, -0.15) is 5.26 Å². The molecule has 1 saturated carbocycles. The summed E-state index contributed by atoms with van der Waals surface area (Å²) in [5.74, 6) is 1.30. The molecule has 0 unspecified atom stereocenters. The predicted molar refractivity (Wildman–Crippen MR) is 63.0 cm³/mol. The van der Waals surface area contributed by atoms with Crippen LogP contribution in [0.1, 0.15) is 31.2 Å². The van der Waals surface area contributed by atoms with Gasteiger partial charge in [0.25, 0.3) is 0 Å². The molecule has 1 aromatic rings. The van der Waals surface area contributed by atoms with Crippen LogP contribution in [0.4, 0.5) is 5.69 Å². The summed E-state index contributed by atoms with van der Waals surface area (Å²) in [5.41, 5.74) is 6.78. The number of nitrogen functional groups attached to an aromatic ring is 1. The second-order valence-electron chi connectivity index (χ2n) is 4.29. The van der Waals surface area contributed by atoms with E-state index in [9.17, 15) is 0 Å². The molecule has 0 heterocycles. The number of hydrogen-bond donors (Lipinski definition) is 1. The molecule has 0 atom stereocenters. The summed E-state index contributed by atoms with van der Waals surface area (Å²) in [5, 5.41) is 8.84. The number of ether oxygens (including phenoxy) is 1. The van der Waals surface area contributed by atoms with Crippen LogP contribution in [-0.2, 0) is 0 Å². The van der Waals surface area contributed by atoms with E-state index in [1.54, 1.807) is 12.1 Å². The first-order chi connectivity index (χ1) is 7.81. The molecule has 2 rings (SSSR count). The van der Waals surface area contributed by atoms with E-state index in [1.165, 1.54) is 25.7 Å². The lowest BCUT2D eigenvalue weighted by molar-refractivity contribution is 0.253. The number of hydrogen-bond acceptors (Lipinski definition) is 3. The summed E-state index contributed by atoms with van der Waals surface area (Å²) in [6.07, 6.45) is 5.11. The lowest BCUT2D eigenvalue weighted by Gasteiger charge is -2.13. The van der Waals surface area contributed by atoms with Crippen LogP contribution in [0.5, 0.6) is 5.75 Å². The van der Waals surface area contributed by atoms with Crippen LogP contribution in [0, 0.1) is 17.2 Å². The molecule has 1 aliphatic rings. The Hall–Kier alpha value is -1.69. The number of para-hydroxylation sites is 1. The summed E-state index contributed by atoms with van der Waals surface area (Å²) in [4.78, 5) is 0. The number of nitrogens with zero attached hydrogens (tertiary/aromatic N) is 1. The third-order valence-electron chi connectivity index (χ3n) is 3.14. The van der Waals surface area contributed by atoms with Crippen molar-refractivity contribution in [2.45, 2.75) is 25.7 Å². The Balaban J connectivity index is 2.01. The maximum atomic E-state index is 8.84. The molecule has 0 radical (unpaired) electrons. The Morgan fingerprint density at radius 2 is 2.12 bits per heavy atom. The highest BCUT2D eigenvalue weighted by atomic mass is 16.5. The fourth-order valence-corrected chi connectivity index (χ4v) is 2.15. The van der Waals surface area contributed by atoms with Crippen molar-refractivity contribution in [2.24, 2.45) is 5.92 Å². The van der Waals surface area contributed by atoms with Gasteiger partial charge in [-0.15, -0.1) is 0 Å². The molecule has 0 spiro atoms. The van der Waals surface area contributed by atoms with Gasteiger partial charge in [-0.1, -0.05) is 18.9 Å². The highest BCUT2D eigenvalue weighted by Crippen LogP contribution is 2.28. The Morgan fingerprint density at radius 1 is 1.38 bits per heavy atom. The minimum absolute atomic E-state index is 0.461. The molecular formula is C13H16N2O. The lowest BCUT2D eigenvalue weighted by Crippen LogP contribution is -2.09. The molecule has 1 aromatic carbocycles. The number of anilines is 1. The van der Waals surface area contributed by atoms with Crippen LogP contribution < -0.4 is 10.5 Å². The van der Waals surface area contributed by atoms with Gasteiger partial charge in [0.05, 0.1) is 17.9 Å². The van der Waals surface area contributed by atoms with E-state index in [0.29, 0.717) is 22.9 Å². The zero-order valence-corrected chi connectivity index (χ0v) is 9.28. The number of benzene rings is 1. The number of rotatable bonds is 3. The SMILES string of the molecule is N#Cc1cccc(OCC2CCCC2)c1N. The van der Waals surface area contributed by atoms with E-state index in [-0.39, 0.29) is 0 Å². The van der Waals surface area contributed by atoms with Gasteiger partial charge in [-0.25, -0.2) is 0 Å². The molecule has 16 heavy (non-hydrogen) atoms. The van der Waals surface area contributed by atoms with Gasteiger partial charge in [0.15, 0.2) is 0 Å². The fourth-order valence-electron chi connectivity index (χ4n) is 2.15. The summed E-state index contributed by atoms with van der Waals surface area (Å²) in [6.45, 7) is 0.721. The van der Waals surface area contributed by atoms with Gasteiger partial charge in [0.1, 0.15) is 11.8 Å². The van der Waals surface area contributed by atoms with E-state index in [0.717, 1.165) is 6.61 Å². The second kappa shape index (κ2) is 4.89. The zero-order valence-electron chi connectivity index (χ0n) is 9.28. The van der Waals surface area contributed by atoms with Crippen molar-refractivity contribution in [3.05, 3.63) is 23.8 Å². The Bertz CT molecular complexity index is 403. The van der Waals surface area contributed by atoms with Gasteiger partial charge in [-0.05, 0) is 30.9 Å². The van der Waals surface area contributed by atoms with E-state index in [4.69, 9.17) is 15.7 Å². The average molecular weight is 216 g/mol. The van der Waals surface area contributed by atoms with Crippen molar-refractivity contribution < 1.29 is 4.74 Å². The first kappa shape index (κ1) is 10.8. The van der Waals surface area contributed by atoms with Gasteiger partial charge in [0.2, 0.25) is 0 Å². The van der Waals surface area contributed by atoms with Crippen LogP contribution in [0.3, 0.4) is 0 Å². The monoisotopic (exact) mass is 216 g/mol. The van der Waals surface area contributed by atoms with Crippen LogP contribution >= 0.6 is 0 Å². The molecule has 1 fully saturated rings. The number of nitriles is 1. The fraction of sp³-hybridized carbons (Fsp3) is 0.462. The van der Waals surface area contributed by atoms with Crippen molar-refractivity contribution in [3.63, 3.8) is 0 Å². The summed E-state index contributed by atoms with van der Waals surface area (Å²) < 4.78 is 5.69. The summed E-state index contributed by atoms with van der Waals surface area (Å²) in [6, 6.07) is 7.39.